The summed E-state index contributed by atoms with van der Waals surface area (Å²) in [6.45, 7) is 3.01. The summed E-state index contributed by atoms with van der Waals surface area (Å²) >= 11 is 0. The van der Waals surface area contributed by atoms with Crippen LogP contribution in [-0.4, -0.2) is 29.0 Å². The number of hydrogen-bond acceptors (Lipinski definition) is 6. The van der Waals surface area contributed by atoms with Crippen LogP contribution in [0.2, 0.25) is 0 Å². The molecule has 0 saturated heterocycles. The average Bonchev–Trinajstić information content (AvgIpc) is 2.88. The zero-order chi connectivity index (χ0) is 14.9. The summed E-state index contributed by atoms with van der Waals surface area (Å²) < 4.78 is 40.2. The third kappa shape index (κ3) is 2.75. The van der Waals surface area contributed by atoms with Crippen molar-refractivity contribution in [2.75, 3.05) is 5.73 Å². The number of anilines is 1. The van der Waals surface area contributed by atoms with Crippen LogP contribution in [0.1, 0.15) is 24.4 Å². The Bertz CT molecular complexity index is 692. The summed E-state index contributed by atoms with van der Waals surface area (Å²) in [6, 6.07) is 1.39. The fraction of sp³-hybridized carbons (Fsp3) is 0.300. The minimum atomic E-state index is -3.94. The van der Waals surface area contributed by atoms with Crippen molar-refractivity contribution in [1.82, 2.24) is 25.3 Å². The molecule has 1 aromatic heterocycles. The second-order valence-electron chi connectivity index (χ2n) is 4.23. The van der Waals surface area contributed by atoms with Gasteiger partial charge in [-0.3, -0.25) is 0 Å². The lowest BCUT2D eigenvalue weighted by atomic mass is 10.2. The SMILES string of the molecule is Cc1c(N)cc(S(=O)(=O)NC(C)c2nn[nH]n2)cc1F. The Labute approximate surface area is 114 Å². The van der Waals surface area contributed by atoms with Gasteiger partial charge >= 0.3 is 0 Å². The second-order valence-corrected chi connectivity index (χ2v) is 5.95. The van der Waals surface area contributed by atoms with Crippen molar-refractivity contribution in [1.29, 1.82) is 0 Å². The van der Waals surface area contributed by atoms with Gasteiger partial charge in [0.25, 0.3) is 0 Å². The van der Waals surface area contributed by atoms with Crippen molar-refractivity contribution >= 4 is 15.7 Å². The number of hydrogen-bond donors (Lipinski definition) is 3. The molecule has 2 rings (SSSR count). The summed E-state index contributed by atoms with van der Waals surface area (Å²) in [6.07, 6.45) is 0. The predicted molar refractivity (Wildman–Crippen MR) is 68.5 cm³/mol. The number of rotatable bonds is 4. The first-order valence-electron chi connectivity index (χ1n) is 5.62. The summed E-state index contributed by atoms with van der Waals surface area (Å²) in [5.74, 6) is -0.508. The molecule has 0 amide bonds. The van der Waals surface area contributed by atoms with Crippen molar-refractivity contribution in [2.24, 2.45) is 0 Å². The first-order valence-corrected chi connectivity index (χ1v) is 7.11. The molecule has 0 spiro atoms. The molecule has 0 saturated carbocycles. The highest BCUT2D eigenvalue weighted by molar-refractivity contribution is 7.89. The number of nitrogen functional groups attached to an aromatic ring is 1. The monoisotopic (exact) mass is 300 g/mol. The van der Waals surface area contributed by atoms with Gasteiger partial charge in [0.15, 0.2) is 5.82 Å². The van der Waals surface area contributed by atoms with E-state index in [1.165, 1.54) is 19.9 Å². The maximum atomic E-state index is 13.6. The molecule has 0 aliphatic heterocycles. The average molecular weight is 300 g/mol. The number of nitrogens with two attached hydrogens (primary N) is 1. The fourth-order valence-corrected chi connectivity index (χ4v) is 2.78. The van der Waals surface area contributed by atoms with Crippen molar-refractivity contribution in [2.45, 2.75) is 24.8 Å². The van der Waals surface area contributed by atoms with Crippen LogP contribution >= 0.6 is 0 Å². The molecule has 0 aliphatic carbocycles. The number of halogens is 1. The van der Waals surface area contributed by atoms with E-state index >= 15 is 0 Å². The lowest BCUT2D eigenvalue weighted by Gasteiger charge is -2.12. The van der Waals surface area contributed by atoms with E-state index in [4.69, 9.17) is 5.73 Å². The minimum absolute atomic E-state index is 0.0672. The van der Waals surface area contributed by atoms with Crippen LogP contribution in [0, 0.1) is 12.7 Å². The van der Waals surface area contributed by atoms with Crippen LogP contribution in [0.5, 0.6) is 0 Å². The molecular formula is C10H13FN6O2S. The molecule has 2 aromatic rings. The van der Waals surface area contributed by atoms with Crippen molar-refractivity contribution in [3.63, 3.8) is 0 Å². The Hall–Kier alpha value is -2.07. The van der Waals surface area contributed by atoms with Gasteiger partial charge in [-0.1, -0.05) is 5.21 Å². The van der Waals surface area contributed by atoms with Gasteiger partial charge in [-0.25, -0.2) is 17.5 Å². The smallest absolute Gasteiger partial charge is 0.241 e. The Morgan fingerprint density at radius 1 is 1.45 bits per heavy atom. The molecule has 0 radical (unpaired) electrons. The number of benzene rings is 1. The van der Waals surface area contributed by atoms with Gasteiger partial charge in [-0.15, -0.1) is 10.2 Å². The standard InChI is InChI=1S/C10H13FN6O2S/c1-5-8(11)3-7(4-9(5)12)20(18,19)15-6(2)10-13-16-17-14-10/h3-4,6,15H,12H2,1-2H3,(H,13,14,16,17). The molecule has 1 aromatic carbocycles. The number of nitrogens with one attached hydrogen (secondary N) is 2. The van der Waals surface area contributed by atoms with Crippen molar-refractivity contribution < 1.29 is 12.8 Å². The Morgan fingerprint density at radius 2 is 2.15 bits per heavy atom. The number of H-pyrrole nitrogens is 1. The molecule has 8 nitrogen and oxygen atoms in total. The molecule has 0 aliphatic rings. The van der Waals surface area contributed by atoms with E-state index in [9.17, 15) is 12.8 Å². The van der Waals surface area contributed by atoms with E-state index in [2.05, 4.69) is 25.3 Å². The van der Waals surface area contributed by atoms with E-state index in [1.807, 2.05) is 0 Å². The number of tetrazole rings is 1. The molecule has 0 fully saturated rings. The molecule has 1 atom stereocenters. The summed E-state index contributed by atoms with van der Waals surface area (Å²) in [5, 5.41) is 12.9. The highest BCUT2D eigenvalue weighted by Gasteiger charge is 2.22. The molecular weight excluding hydrogens is 287 g/mol. The molecule has 108 valence electrons. The molecule has 0 bridgehead atoms. The van der Waals surface area contributed by atoms with Gasteiger partial charge < -0.3 is 5.73 Å². The van der Waals surface area contributed by atoms with Crippen LogP contribution in [0.3, 0.4) is 0 Å². The van der Waals surface area contributed by atoms with Gasteiger partial charge in [0, 0.05) is 11.3 Å². The van der Waals surface area contributed by atoms with Crippen LogP contribution < -0.4 is 10.5 Å². The minimum Gasteiger partial charge on any atom is -0.398 e. The first kappa shape index (κ1) is 14.3. The fourth-order valence-electron chi connectivity index (χ4n) is 1.54. The molecule has 1 heterocycles. The lowest BCUT2D eigenvalue weighted by Crippen LogP contribution is -2.28. The predicted octanol–water partition coefficient (Wildman–Crippen LogP) is 0.269. The Kier molecular flexibility index (Phi) is 3.68. The van der Waals surface area contributed by atoms with Crippen molar-refractivity contribution in [3.8, 4) is 0 Å². The van der Waals surface area contributed by atoms with E-state index < -0.39 is 21.9 Å². The van der Waals surface area contributed by atoms with E-state index in [-0.39, 0.29) is 22.0 Å². The number of aromatic nitrogens is 4. The van der Waals surface area contributed by atoms with E-state index in [0.29, 0.717) is 0 Å². The number of aromatic amines is 1. The van der Waals surface area contributed by atoms with Gasteiger partial charge in [-0.2, -0.15) is 5.21 Å². The van der Waals surface area contributed by atoms with Crippen LogP contribution in [0.4, 0.5) is 10.1 Å². The molecule has 20 heavy (non-hydrogen) atoms. The highest BCUT2D eigenvalue weighted by Crippen LogP contribution is 2.22. The zero-order valence-corrected chi connectivity index (χ0v) is 11.6. The van der Waals surface area contributed by atoms with Crippen LogP contribution in [-0.2, 0) is 10.0 Å². The van der Waals surface area contributed by atoms with Crippen LogP contribution in [0.15, 0.2) is 17.0 Å². The van der Waals surface area contributed by atoms with E-state index in [1.54, 1.807) is 0 Å². The molecule has 1 unspecified atom stereocenters. The van der Waals surface area contributed by atoms with Gasteiger partial charge in [0.1, 0.15) is 5.82 Å². The molecule has 4 N–H and O–H groups in total. The second kappa shape index (κ2) is 5.13. The summed E-state index contributed by atoms with van der Waals surface area (Å²) in [5.41, 5.74) is 5.84. The number of sulfonamides is 1. The largest absolute Gasteiger partial charge is 0.398 e. The Balaban J connectivity index is 2.31. The maximum Gasteiger partial charge on any atom is 0.241 e. The van der Waals surface area contributed by atoms with Gasteiger partial charge in [0.05, 0.1) is 10.9 Å². The maximum absolute atomic E-state index is 13.6. The Morgan fingerprint density at radius 3 is 2.70 bits per heavy atom. The third-order valence-corrected chi connectivity index (χ3v) is 4.27. The summed E-state index contributed by atoms with van der Waals surface area (Å²) in [4.78, 5) is -0.256. The van der Waals surface area contributed by atoms with Gasteiger partial charge in [0.2, 0.25) is 10.0 Å². The number of nitrogens with zero attached hydrogens (tertiary/aromatic N) is 3. The van der Waals surface area contributed by atoms with Crippen molar-refractivity contribution in [3.05, 3.63) is 29.3 Å². The normalized spacial score (nSPS) is 13.3. The first-order chi connectivity index (χ1) is 9.31. The lowest BCUT2D eigenvalue weighted by molar-refractivity contribution is 0.557. The highest BCUT2D eigenvalue weighted by atomic mass is 32.2. The summed E-state index contributed by atoms with van der Waals surface area (Å²) in [7, 11) is -3.94. The molecule has 10 heteroatoms. The zero-order valence-electron chi connectivity index (χ0n) is 10.8. The van der Waals surface area contributed by atoms with Gasteiger partial charge in [-0.05, 0) is 26.0 Å². The quantitative estimate of drug-likeness (QED) is 0.695. The van der Waals surface area contributed by atoms with Crippen LogP contribution in [0.25, 0.3) is 0 Å². The van der Waals surface area contributed by atoms with E-state index in [0.717, 1.165) is 6.07 Å². The third-order valence-electron chi connectivity index (χ3n) is 2.75. The topological polar surface area (TPSA) is 127 Å².